The highest BCUT2D eigenvalue weighted by atomic mass is 16.3. The Bertz CT molecular complexity index is 1050. The number of aromatic hydroxyl groups is 1. The van der Waals surface area contributed by atoms with E-state index in [1.165, 1.54) is 4.90 Å². The highest BCUT2D eigenvalue weighted by Gasteiger charge is 2.64. The molecule has 8 nitrogen and oxygen atoms in total. The van der Waals surface area contributed by atoms with E-state index in [9.17, 15) is 19.5 Å². The summed E-state index contributed by atoms with van der Waals surface area (Å²) in [4.78, 5) is 42.0. The smallest absolute Gasteiger partial charge is 0.266 e. The number of carbonyl (C=O) groups excluding carboxylic acids is 3. The van der Waals surface area contributed by atoms with Crippen LogP contribution in [0.3, 0.4) is 0 Å². The van der Waals surface area contributed by atoms with Crippen LogP contribution in [0.2, 0.25) is 0 Å². The molecule has 152 valence electrons. The number of azo groups is 1. The number of para-hydroxylation sites is 1. The number of fused-ring (bicyclic) bond motifs is 3. The lowest BCUT2D eigenvalue weighted by Gasteiger charge is -2.47. The van der Waals surface area contributed by atoms with Gasteiger partial charge in [-0.1, -0.05) is 39.0 Å². The molecule has 1 aromatic carbocycles. The van der Waals surface area contributed by atoms with Crippen LogP contribution in [-0.4, -0.2) is 39.3 Å². The second kappa shape index (κ2) is 6.50. The van der Waals surface area contributed by atoms with E-state index in [0.717, 1.165) is 0 Å². The maximum Gasteiger partial charge on any atom is 0.266 e. The highest BCUT2D eigenvalue weighted by molar-refractivity contribution is 6.04. The number of hydrogen-bond donors (Lipinski definition) is 2. The number of amides is 3. The van der Waals surface area contributed by atoms with Crippen LogP contribution in [0, 0.1) is 16.7 Å². The molecule has 3 amide bonds. The van der Waals surface area contributed by atoms with Gasteiger partial charge in [0.05, 0.1) is 10.9 Å². The molecule has 2 N–H and O–H groups in total. The van der Waals surface area contributed by atoms with Gasteiger partial charge in [-0.2, -0.15) is 0 Å². The Morgan fingerprint density at radius 2 is 2.00 bits per heavy atom. The number of aromatic amines is 1. The first-order valence-electron chi connectivity index (χ1n) is 9.77. The normalized spacial score (nSPS) is 26.0. The SMILES string of the molecule is CC1(C)[C@@H]2CC[C@@]1(C)C(=O)N(CCC(=O)N=Nc1c(O)[nH]c3ccccc13)C2=O. The quantitative estimate of drug-likeness (QED) is 0.606. The summed E-state index contributed by atoms with van der Waals surface area (Å²) >= 11 is 0. The summed E-state index contributed by atoms with van der Waals surface area (Å²) in [6, 6.07) is 7.14. The van der Waals surface area contributed by atoms with Crippen molar-refractivity contribution in [2.45, 2.75) is 40.0 Å². The van der Waals surface area contributed by atoms with Gasteiger partial charge in [0.2, 0.25) is 17.7 Å². The summed E-state index contributed by atoms with van der Waals surface area (Å²) in [5.41, 5.74) is -0.103. The molecule has 2 heterocycles. The first kappa shape index (κ1) is 19.3. The zero-order valence-corrected chi connectivity index (χ0v) is 16.7. The molecule has 2 aromatic rings. The molecule has 1 aliphatic heterocycles. The summed E-state index contributed by atoms with van der Waals surface area (Å²) in [6.45, 7) is 5.86. The van der Waals surface area contributed by atoms with Crippen molar-refractivity contribution in [1.82, 2.24) is 9.88 Å². The van der Waals surface area contributed by atoms with Crippen LogP contribution in [0.15, 0.2) is 34.5 Å². The molecule has 0 radical (unpaired) electrons. The third kappa shape index (κ3) is 2.77. The van der Waals surface area contributed by atoms with Crippen LogP contribution in [0.4, 0.5) is 5.69 Å². The molecule has 0 spiro atoms. The summed E-state index contributed by atoms with van der Waals surface area (Å²) in [5, 5.41) is 18.2. The maximum absolute atomic E-state index is 13.0. The number of H-pyrrole nitrogens is 1. The Balaban J connectivity index is 1.46. The van der Waals surface area contributed by atoms with Gasteiger partial charge >= 0.3 is 0 Å². The van der Waals surface area contributed by atoms with Gasteiger partial charge in [-0.3, -0.25) is 19.3 Å². The molecule has 1 aliphatic carbocycles. The van der Waals surface area contributed by atoms with Crippen LogP contribution >= 0.6 is 0 Å². The average molecular weight is 396 g/mol. The summed E-state index contributed by atoms with van der Waals surface area (Å²) in [5.74, 6) is -1.34. The van der Waals surface area contributed by atoms with Crippen LogP contribution in [0.25, 0.3) is 10.9 Å². The minimum atomic E-state index is -0.591. The molecular weight excluding hydrogens is 372 g/mol. The van der Waals surface area contributed by atoms with Crippen molar-refractivity contribution >= 4 is 34.3 Å². The van der Waals surface area contributed by atoms with Gasteiger partial charge in [0, 0.05) is 24.3 Å². The van der Waals surface area contributed by atoms with E-state index in [-0.39, 0.29) is 47.7 Å². The third-order valence-corrected chi connectivity index (χ3v) is 6.98. The Morgan fingerprint density at radius 3 is 2.76 bits per heavy atom. The second-order valence-corrected chi connectivity index (χ2v) is 8.65. The lowest BCUT2D eigenvalue weighted by molar-refractivity contribution is -0.167. The summed E-state index contributed by atoms with van der Waals surface area (Å²) < 4.78 is 0. The lowest BCUT2D eigenvalue weighted by atomic mass is 9.62. The minimum Gasteiger partial charge on any atom is -0.493 e. The third-order valence-electron chi connectivity index (χ3n) is 6.98. The lowest BCUT2D eigenvalue weighted by Crippen LogP contribution is -2.59. The number of piperidine rings is 1. The van der Waals surface area contributed by atoms with Crippen LogP contribution < -0.4 is 0 Å². The number of nitrogens with one attached hydrogen (secondary N) is 1. The fraction of sp³-hybridized carbons (Fsp3) is 0.476. The van der Waals surface area contributed by atoms with Crippen molar-refractivity contribution in [2.24, 2.45) is 27.0 Å². The average Bonchev–Trinajstić information content (AvgIpc) is 3.08. The number of imide groups is 1. The van der Waals surface area contributed by atoms with Crippen molar-refractivity contribution in [2.75, 3.05) is 6.54 Å². The number of rotatable bonds is 4. The van der Waals surface area contributed by atoms with E-state index in [2.05, 4.69) is 15.2 Å². The Labute approximate surface area is 168 Å². The fourth-order valence-corrected chi connectivity index (χ4v) is 4.69. The maximum atomic E-state index is 13.0. The van der Waals surface area contributed by atoms with Crippen LogP contribution in [0.1, 0.15) is 40.0 Å². The molecule has 8 heteroatoms. The first-order chi connectivity index (χ1) is 13.7. The molecule has 29 heavy (non-hydrogen) atoms. The predicted octanol–water partition coefficient (Wildman–Crippen LogP) is 3.69. The molecule has 1 saturated carbocycles. The van der Waals surface area contributed by atoms with E-state index in [4.69, 9.17) is 0 Å². The summed E-state index contributed by atoms with van der Waals surface area (Å²) in [6.07, 6.45) is 1.27. The number of hydrogen-bond acceptors (Lipinski definition) is 5. The number of carbonyl (C=O) groups is 3. The molecular formula is C21H24N4O4. The van der Waals surface area contributed by atoms with Crippen molar-refractivity contribution in [3.8, 4) is 5.88 Å². The van der Waals surface area contributed by atoms with Gasteiger partial charge in [-0.15, -0.1) is 10.2 Å². The van der Waals surface area contributed by atoms with Gasteiger partial charge in [-0.25, -0.2) is 0 Å². The van der Waals surface area contributed by atoms with Crippen molar-refractivity contribution in [3.63, 3.8) is 0 Å². The summed E-state index contributed by atoms with van der Waals surface area (Å²) in [7, 11) is 0. The van der Waals surface area contributed by atoms with Gasteiger partial charge in [0.25, 0.3) is 5.91 Å². The van der Waals surface area contributed by atoms with Crippen molar-refractivity contribution in [1.29, 1.82) is 0 Å². The van der Waals surface area contributed by atoms with Crippen molar-refractivity contribution in [3.05, 3.63) is 24.3 Å². The Kier molecular flexibility index (Phi) is 4.33. The van der Waals surface area contributed by atoms with Gasteiger partial charge in [-0.05, 0) is 24.3 Å². The number of aromatic nitrogens is 1. The molecule has 0 unspecified atom stereocenters. The largest absolute Gasteiger partial charge is 0.493 e. The molecule has 2 aliphatic rings. The molecule has 2 bridgehead atoms. The van der Waals surface area contributed by atoms with Gasteiger partial charge < -0.3 is 10.1 Å². The van der Waals surface area contributed by atoms with E-state index in [0.29, 0.717) is 23.7 Å². The van der Waals surface area contributed by atoms with E-state index < -0.39 is 11.3 Å². The zero-order valence-electron chi connectivity index (χ0n) is 16.7. The molecule has 2 fully saturated rings. The van der Waals surface area contributed by atoms with Crippen molar-refractivity contribution < 1.29 is 19.5 Å². The zero-order chi connectivity index (χ0) is 21.0. The fourth-order valence-electron chi connectivity index (χ4n) is 4.69. The first-order valence-corrected chi connectivity index (χ1v) is 9.77. The predicted molar refractivity (Wildman–Crippen MR) is 105 cm³/mol. The van der Waals surface area contributed by atoms with Gasteiger partial charge in [0.15, 0.2) is 5.69 Å². The topological polar surface area (TPSA) is 115 Å². The standard InChI is InChI=1S/C21H24N4O4/c1-20(2)13-8-10-21(20,3)19(29)25(18(13)28)11-9-15(26)23-24-16-12-6-4-5-7-14(12)22-17(16)27/h4-7,13,22,27H,8-11H2,1-3H3/t13-,21+/m1/s1. The van der Waals surface area contributed by atoms with E-state index >= 15 is 0 Å². The minimum absolute atomic E-state index is 0.00242. The monoisotopic (exact) mass is 396 g/mol. The number of benzene rings is 1. The molecule has 1 saturated heterocycles. The number of nitrogens with zero attached hydrogens (tertiary/aromatic N) is 3. The van der Waals surface area contributed by atoms with E-state index in [1.807, 2.05) is 26.8 Å². The van der Waals surface area contributed by atoms with Crippen LogP contribution in [0.5, 0.6) is 5.88 Å². The number of likely N-dealkylation sites (tertiary alicyclic amines) is 1. The molecule has 4 rings (SSSR count). The Hall–Kier alpha value is -3.03. The van der Waals surface area contributed by atoms with Crippen LogP contribution in [-0.2, 0) is 14.4 Å². The second-order valence-electron chi connectivity index (χ2n) is 8.65. The highest BCUT2D eigenvalue weighted by Crippen LogP contribution is 2.60. The van der Waals surface area contributed by atoms with E-state index in [1.54, 1.807) is 18.2 Å². The Morgan fingerprint density at radius 1 is 1.28 bits per heavy atom. The molecule has 1 aromatic heterocycles. The van der Waals surface area contributed by atoms with Gasteiger partial charge in [0.1, 0.15) is 0 Å². The molecule has 2 atom stereocenters.